The lowest BCUT2D eigenvalue weighted by atomic mass is 10.0. The van der Waals surface area contributed by atoms with Gasteiger partial charge < -0.3 is 10.1 Å². The standard InChI is InChI=1S/C22H21FN2O2/c1-14(2)16-5-4-6-19(13-16)27-18-9-7-17(8-10-18)25-22(26)20-11-12-21(23)24-15(20)3/h4-14H,1-3H3,(H,25,26). The first kappa shape index (κ1) is 18.6. The number of hydrogen-bond donors (Lipinski definition) is 1. The Morgan fingerprint density at radius 3 is 2.44 bits per heavy atom. The number of aryl methyl sites for hydroxylation is 1. The van der Waals surface area contributed by atoms with Crippen molar-refractivity contribution in [1.29, 1.82) is 0 Å². The predicted molar refractivity (Wildman–Crippen MR) is 104 cm³/mol. The molecule has 3 aromatic rings. The minimum atomic E-state index is -0.605. The van der Waals surface area contributed by atoms with E-state index in [4.69, 9.17) is 4.74 Å². The number of carbonyl (C=O) groups is 1. The van der Waals surface area contributed by atoms with E-state index in [1.807, 2.05) is 18.2 Å². The molecule has 0 aliphatic heterocycles. The Labute approximate surface area is 158 Å². The average Bonchev–Trinajstić information content (AvgIpc) is 2.63. The summed E-state index contributed by atoms with van der Waals surface area (Å²) in [7, 11) is 0. The molecule has 0 aliphatic carbocycles. The zero-order valence-electron chi connectivity index (χ0n) is 15.5. The molecule has 3 rings (SSSR count). The highest BCUT2D eigenvalue weighted by molar-refractivity contribution is 6.04. The van der Waals surface area contributed by atoms with Crippen LogP contribution in [0, 0.1) is 12.9 Å². The van der Waals surface area contributed by atoms with E-state index in [1.54, 1.807) is 31.2 Å². The molecule has 1 N–H and O–H groups in total. The number of nitrogens with one attached hydrogen (secondary N) is 1. The zero-order chi connectivity index (χ0) is 19.4. The first-order valence-electron chi connectivity index (χ1n) is 8.75. The summed E-state index contributed by atoms with van der Waals surface area (Å²) in [5, 5.41) is 2.78. The number of pyridine rings is 1. The molecule has 5 heteroatoms. The Morgan fingerprint density at radius 2 is 1.78 bits per heavy atom. The van der Waals surface area contributed by atoms with Crippen molar-refractivity contribution in [1.82, 2.24) is 4.98 Å². The molecular weight excluding hydrogens is 343 g/mol. The summed E-state index contributed by atoms with van der Waals surface area (Å²) in [6.07, 6.45) is 0. The lowest BCUT2D eigenvalue weighted by molar-refractivity contribution is 0.102. The van der Waals surface area contributed by atoms with Gasteiger partial charge >= 0.3 is 0 Å². The van der Waals surface area contributed by atoms with Gasteiger partial charge in [0.15, 0.2) is 0 Å². The van der Waals surface area contributed by atoms with Crippen LogP contribution in [0.1, 0.15) is 41.4 Å². The molecule has 0 saturated carbocycles. The number of nitrogens with zero attached hydrogens (tertiary/aromatic N) is 1. The van der Waals surface area contributed by atoms with Gasteiger partial charge in [0.25, 0.3) is 5.91 Å². The number of rotatable bonds is 5. The Balaban J connectivity index is 1.68. The van der Waals surface area contributed by atoms with Crippen LogP contribution in [0.2, 0.25) is 0 Å². The summed E-state index contributed by atoms with van der Waals surface area (Å²) in [4.78, 5) is 16.0. The minimum absolute atomic E-state index is 0.335. The molecule has 0 fully saturated rings. The number of halogens is 1. The third-order valence-electron chi connectivity index (χ3n) is 4.17. The maximum absolute atomic E-state index is 13.1. The van der Waals surface area contributed by atoms with Crippen molar-refractivity contribution in [2.45, 2.75) is 26.7 Å². The molecule has 0 unspecified atom stereocenters. The molecule has 0 radical (unpaired) electrons. The van der Waals surface area contributed by atoms with E-state index in [1.165, 1.54) is 17.7 Å². The van der Waals surface area contributed by atoms with E-state index >= 15 is 0 Å². The molecule has 1 amide bonds. The van der Waals surface area contributed by atoms with Gasteiger partial charge in [-0.05, 0) is 66.9 Å². The number of aromatic nitrogens is 1. The molecule has 138 valence electrons. The van der Waals surface area contributed by atoms with Gasteiger partial charge in [0, 0.05) is 5.69 Å². The Bertz CT molecular complexity index is 953. The van der Waals surface area contributed by atoms with Crippen molar-refractivity contribution in [2.24, 2.45) is 0 Å². The van der Waals surface area contributed by atoms with Crippen molar-refractivity contribution in [3.63, 3.8) is 0 Å². The zero-order valence-corrected chi connectivity index (χ0v) is 15.5. The number of hydrogen-bond acceptors (Lipinski definition) is 3. The van der Waals surface area contributed by atoms with Crippen LogP contribution in [-0.4, -0.2) is 10.9 Å². The van der Waals surface area contributed by atoms with Crippen molar-refractivity contribution >= 4 is 11.6 Å². The van der Waals surface area contributed by atoms with Gasteiger partial charge in [-0.3, -0.25) is 4.79 Å². The second-order valence-corrected chi connectivity index (χ2v) is 6.57. The lowest BCUT2D eigenvalue weighted by Crippen LogP contribution is -2.14. The van der Waals surface area contributed by atoms with E-state index in [2.05, 4.69) is 30.2 Å². The third-order valence-corrected chi connectivity index (χ3v) is 4.17. The molecule has 0 atom stereocenters. The van der Waals surface area contributed by atoms with Crippen LogP contribution in [0.25, 0.3) is 0 Å². The van der Waals surface area contributed by atoms with Crippen LogP contribution in [0.5, 0.6) is 11.5 Å². The number of amides is 1. The monoisotopic (exact) mass is 364 g/mol. The molecule has 2 aromatic carbocycles. The quantitative estimate of drug-likeness (QED) is 0.591. The van der Waals surface area contributed by atoms with E-state index in [9.17, 15) is 9.18 Å². The number of ether oxygens (including phenoxy) is 1. The highest BCUT2D eigenvalue weighted by Gasteiger charge is 2.11. The van der Waals surface area contributed by atoms with Crippen LogP contribution in [0.3, 0.4) is 0 Å². The van der Waals surface area contributed by atoms with Gasteiger partial charge in [0.1, 0.15) is 11.5 Å². The molecule has 1 heterocycles. The van der Waals surface area contributed by atoms with E-state index in [0.717, 1.165) is 5.75 Å². The third kappa shape index (κ3) is 4.70. The number of anilines is 1. The minimum Gasteiger partial charge on any atom is -0.457 e. The average molecular weight is 364 g/mol. The highest BCUT2D eigenvalue weighted by Crippen LogP contribution is 2.26. The smallest absolute Gasteiger partial charge is 0.257 e. The first-order chi connectivity index (χ1) is 12.9. The molecule has 4 nitrogen and oxygen atoms in total. The number of benzene rings is 2. The molecule has 0 saturated heterocycles. The van der Waals surface area contributed by atoms with Crippen molar-refractivity contribution in [3.05, 3.63) is 83.4 Å². The summed E-state index contributed by atoms with van der Waals surface area (Å²) in [5.74, 6) is 0.931. The summed E-state index contributed by atoms with van der Waals surface area (Å²) >= 11 is 0. The molecular formula is C22H21FN2O2. The van der Waals surface area contributed by atoms with Crippen LogP contribution in [-0.2, 0) is 0 Å². The van der Waals surface area contributed by atoms with Crippen molar-refractivity contribution < 1.29 is 13.9 Å². The van der Waals surface area contributed by atoms with Gasteiger partial charge in [-0.1, -0.05) is 26.0 Å². The molecule has 0 spiro atoms. The second-order valence-electron chi connectivity index (χ2n) is 6.57. The van der Waals surface area contributed by atoms with Crippen LogP contribution < -0.4 is 10.1 Å². The Morgan fingerprint density at radius 1 is 1.04 bits per heavy atom. The fourth-order valence-corrected chi connectivity index (χ4v) is 2.65. The molecule has 0 bridgehead atoms. The van der Waals surface area contributed by atoms with Crippen LogP contribution in [0.4, 0.5) is 10.1 Å². The summed E-state index contributed by atoms with van der Waals surface area (Å²) < 4.78 is 19.0. The van der Waals surface area contributed by atoms with E-state index in [-0.39, 0.29) is 5.91 Å². The van der Waals surface area contributed by atoms with E-state index in [0.29, 0.717) is 28.6 Å². The number of carbonyl (C=O) groups excluding carboxylic acids is 1. The molecule has 1 aromatic heterocycles. The van der Waals surface area contributed by atoms with Crippen molar-refractivity contribution in [2.75, 3.05) is 5.32 Å². The summed E-state index contributed by atoms with van der Waals surface area (Å²) in [6, 6.07) is 17.6. The first-order valence-corrected chi connectivity index (χ1v) is 8.75. The lowest BCUT2D eigenvalue weighted by Gasteiger charge is -2.11. The topological polar surface area (TPSA) is 51.2 Å². The van der Waals surface area contributed by atoms with Crippen LogP contribution >= 0.6 is 0 Å². The highest BCUT2D eigenvalue weighted by atomic mass is 19.1. The van der Waals surface area contributed by atoms with Crippen LogP contribution in [0.15, 0.2) is 60.7 Å². The van der Waals surface area contributed by atoms with E-state index < -0.39 is 5.95 Å². The Kier molecular flexibility index (Phi) is 5.50. The normalized spacial score (nSPS) is 10.7. The predicted octanol–water partition coefficient (Wildman–Crippen LogP) is 5.70. The fourth-order valence-electron chi connectivity index (χ4n) is 2.65. The Hall–Kier alpha value is -3.21. The molecule has 0 aliphatic rings. The maximum Gasteiger partial charge on any atom is 0.257 e. The van der Waals surface area contributed by atoms with Gasteiger partial charge in [-0.25, -0.2) is 4.98 Å². The second kappa shape index (κ2) is 7.99. The maximum atomic E-state index is 13.1. The largest absolute Gasteiger partial charge is 0.457 e. The van der Waals surface area contributed by atoms with Crippen molar-refractivity contribution in [3.8, 4) is 11.5 Å². The fraction of sp³-hybridized carbons (Fsp3) is 0.182. The molecule has 27 heavy (non-hydrogen) atoms. The summed E-state index contributed by atoms with van der Waals surface area (Å²) in [5.41, 5.74) is 2.51. The van der Waals surface area contributed by atoms with Gasteiger partial charge in [0.2, 0.25) is 5.95 Å². The van der Waals surface area contributed by atoms with Gasteiger partial charge in [0.05, 0.1) is 11.3 Å². The SMILES string of the molecule is Cc1nc(F)ccc1C(=O)Nc1ccc(Oc2cccc(C(C)C)c2)cc1. The van der Waals surface area contributed by atoms with Gasteiger partial charge in [-0.15, -0.1) is 0 Å². The van der Waals surface area contributed by atoms with Gasteiger partial charge in [-0.2, -0.15) is 4.39 Å². The summed E-state index contributed by atoms with van der Waals surface area (Å²) in [6.45, 7) is 5.87.